The van der Waals surface area contributed by atoms with Crippen LogP contribution in [0.2, 0.25) is 0 Å². The molecule has 2 aliphatic rings. The molecule has 0 aromatic carbocycles. The number of hydrogen-bond donors (Lipinski definition) is 9. The summed E-state index contributed by atoms with van der Waals surface area (Å²) in [7, 11) is 0. The lowest BCUT2D eigenvalue weighted by atomic mass is 9.97. The van der Waals surface area contributed by atoms with Crippen LogP contribution in [-0.2, 0) is 23.7 Å². The predicted octanol–water partition coefficient (Wildman–Crippen LogP) is 18.2. The number of hydrogen-bond acceptors (Lipinski definition) is 13. The lowest BCUT2D eigenvalue weighted by Crippen LogP contribution is -2.65. The highest BCUT2D eigenvalue weighted by atomic mass is 16.7. The van der Waals surface area contributed by atoms with E-state index in [0.29, 0.717) is 12.8 Å². The Bertz CT molecular complexity index is 2070. The molecule has 0 spiro atoms. The second kappa shape index (κ2) is 66.9. The second-order valence-corrected chi connectivity index (χ2v) is 27.8. The van der Waals surface area contributed by atoms with Gasteiger partial charge in [0.2, 0.25) is 5.91 Å². The molecule has 9 N–H and O–H groups in total. The van der Waals surface area contributed by atoms with Gasteiger partial charge in [-0.05, 0) is 83.5 Å². The van der Waals surface area contributed by atoms with Crippen molar-refractivity contribution in [1.29, 1.82) is 0 Å². The van der Waals surface area contributed by atoms with Crippen molar-refractivity contribution in [3.8, 4) is 0 Å². The fourth-order valence-electron chi connectivity index (χ4n) is 12.7. The van der Waals surface area contributed by atoms with E-state index in [4.69, 9.17) is 18.9 Å². The monoisotopic (exact) mass is 1380 g/mol. The van der Waals surface area contributed by atoms with Gasteiger partial charge >= 0.3 is 0 Å². The quantitative estimate of drug-likeness (QED) is 0.0204. The standard InChI is InChI=1S/C84H147NO13/c1-3-5-7-9-11-13-15-17-19-21-23-25-27-28-29-30-31-32-33-34-35-36-37-38-39-40-41-42-43-44-46-48-50-52-54-56-58-60-62-64-66-68-76(89)85-72(71-95-83-81(94)79(92)82(75(70-87)97-83)98-84-80(93)78(91)77(90)74(69-86)96-84)73(88)67-65-63-61-59-57-55-53-51-49-47-45-26-24-22-20-18-16-14-12-10-8-6-4-2/h5,7,11,13,17,19,23,25,28-29,31-32,34-35,37-38,40-41,72-75,77-84,86-88,90-94H,3-4,6,8-10,12,14-16,18,20-22,24,26-27,30,33,36,39,42-71H2,1-2H3,(H,85,89)/b7-5-,13-11-,19-17-,25-23-,29-28-,32-31-,35-34-,38-37-,41-40-. The van der Waals surface area contributed by atoms with Crippen molar-refractivity contribution in [1.82, 2.24) is 5.32 Å². The van der Waals surface area contributed by atoms with Crippen LogP contribution in [0.1, 0.15) is 322 Å². The van der Waals surface area contributed by atoms with E-state index in [1.807, 2.05) is 0 Å². The molecule has 0 radical (unpaired) electrons. The molecule has 1 amide bonds. The molecule has 2 aliphatic heterocycles. The van der Waals surface area contributed by atoms with Crippen LogP contribution in [0.15, 0.2) is 109 Å². The summed E-state index contributed by atoms with van der Waals surface area (Å²) in [5.41, 5.74) is 0. The zero-order valence-corrected chi connectivity index (χ0v) is 62.0. The minimum atomic E-state index is -1.79. The Balaban J connectivity index is 1.59. The molecule has 2 saturated heterocycles. The van der Waals surface area contributed by atoms with Crippen LogP contribution in [0.3, 0.4) is 0 Å². The maximum Gasteiger partial charge on any atom is 0.220 e. The molecule has 0 aromatic rings. The summed E-state index contributed by atoms with van der Waals surface area (Å²) < 4.78 is 23.0. The molecule has 0 bridgehead atoms. The van der Waals surface area contributed by atoms with Crippen molar-refractivity contribution >= 4 is 5.91 Å². The number of allylic oxidation sites excluding steroid dienone is 18. The average molecular weight is 1380 g/mol. The number of aliphatic hydroxyl groups excluding tert-OH is 8. The van der Waals surface area contributed by atoms with Crippen LogP contribution in [-0.4, -0.2) is 140 Å². The minimum Gasteiger partial charge on any atom is -0.394 e. The fraction of sp³-hybridized carbons (Fsp3) is 0.774. The van der Waals surface area contributed by atoms with Crippen molar-refractivity contribution < 1.29 is 64.6 Å². The van der Waals surface area contributed by atoms with Crippen LogP contribution >= 0.6 is 0 Å². The molecule has 2 fully saturated rings. The highest BCUT2D eigenvalue weighted by Gasteiger charge is 2.51. The van der Waals surface area contributed by atoms with Gasteiger partial charge in [0, 0.05) is 6.42 Å². The second-order valence-electron chi connectivity index (χ2n) is 27.8. The Labute approximate surface area is 597 Å². The largest absolute Gasteiger partial charge is 0.394 e. The highest BCUT2D eigenvalue weighted by molar-refractivity contribution is 5.76. The molecular formula is C84H147NO13. The summed E-state index contributed by atoms with van der Waals surface area (Å²) in [6.07, 6.45) is 79.7. The van der Waals surface area contributed by atoms with Crippen molar-refractivity contribution in [3.05, 3.63) is 109 Å². The van der Waals surface area contributed by atoms with Crippen LogP contribution in [0.4, 0.5) is 0 Å². The average Bonchev–Trinajstić information content (AvgIpc) is 0.793. The summed E-state index contributed by atoms with van der Waals surface area (Å²) in [6, 6.07) is -0.837. The van der Waals surface area contributed by atoms with E-state index in [9.17, 15) is 45.6 Å². The lowest BCUT2D eigenvalue weighted by molar-refractivity contribution is -0.359. The van der Waals surface area contributed by atoms with Crippen molar-refractivity contribution in [2.24, 2.45) is 0 Å². The summed E-state index contributed by atoms with van der Waals surface area (Å²) in [5.74, 6) is -0.207. The molecular weight excluding hydrogens is 1230 g/mol. The fourth-order valence-corrected chi connectivity index (χ4v) is 12.7. The number of nitrogens with one attached hydrogen (secondary N) is 1. The summed E-state index contributed by atoms with van der Waals surface area (Å²) in [4.78, 5) is 13.4. The van der Waals surface area contributed by atoms with Gasteiger partial charge in [0.25, 0.3) is 0 Å². The Morgan fingerprint density at radius 1 is 0.378 bits per heavy atom. The topological polar surface area (TPSA) is 228 Å². The molecule has 566 valence electrons. The van der Waals surface area contributed by atoms with Crippen molar-refractivity contribution in [2.75, 3.05) is 19.8 Å². The number of aliphatic hydroxyl groups is 8. The Morgan fingerprint density at radius 2 is 0.704 bits per heavy atom. The maximum atomic E-state index is 13.4. The number of ether oxygens (including phenoxy) is 4. The van der Waals surface area contributed by atoms with Crippen molar-refractivity contribution in [3.63, 3.8) is 0 Å². The third-order valence-corrected chi connectivity index (χ3v) is 19.0. The minimum absolute atomic E-state index is 0.207. The van der Waals surface area contributed by atoms with E-state index in [-0.39, 0.29) is 12.5 Å². The molecule has 2 rings (SSSR count). The van der Waals surface area contributed by atoms with Gasteiger partial charge in [-0.15, -0.1) is 0 Å². The Morgan fingerprint density at radius 3 is 1.08 bits per heavy atom. The molecule has 14 nitrogen and oxygen atoms in total. The van der Waals surface area contributed by atoms with Gasteiger partial charge in [-0.3, -0.25) is 4.79 Å². The zero-order chi connectivity index (χ0) is 70.8. The molecule has 12 unspecified atom stereocenters. The number of unbranched alkanes of at least 4 members (excludes halogenated alkanes) is 35. The molecule has 98 heavy (non-hydrogen) atoms. The normalized spacial score (nSPS) is 22.6. The van der Waals surface area contributed by atoms with E-state index in [2.05, 4.69) is 129 Å². The van der Waals surface area contributed by atoms with Crippen LogP contribution < -0.4 is 5.32 Å². The molecule has 2 heterocycles. The Hall–Kier alpha value is -3.35. The number of amides is 1. The van der Waals surface area contributed by atoms with Gasteiger partial charge in [0.05, 0.1) is 32.0 Å². The first-order valence-electron chi connectivity index (χ1n) is 40.1. The first-order chi connectivity index (χ1) is 48.1. The van der Waals surface area contributed by atoms with Gasteiger partial charge in [0.1, 0.15) is 48.8 Å². The summed E-state index contributed by atoms with van der Waals surface area (Å²) in [5, 5.41) is 87.8. The first-order valence-corrected chi connectivity index (χ1v) is 40.1. The van der Waals surface area contributed by atoms with E-state index < -0.39 is 86.8 Å². The molecule has 0 aliphatic carbocycles. The van der Waals surface area contributed by atoms with Gasteiger partial charge in [-0.1, -0.05) is 342 Å². The molecule has 14 heteroatoms. The van der Waals surface area contributed by atoms with E-state index in [1.165, 1.54) is 180 Å². The van der Waals surface area contributed by atoms with Gasteiger partial charge in [-0.25, -0.2) is 0 Å². The van der Waals surface area contributed by atoms with E-state index >= 15 is 0 Å². The van der Waals surface area contributed by atoms with Crippen LogP contribution in [0, 0.1) is 0 Å². The SMILES string of the molecule is CC/C=C\C/C=C\C/C=C\C/C=C\C/C=C\C/C=C\C/C=C\C/C=C\C/C=C\CCCCCCCCCCCCCCCC(=O)NC(COC1OC(CO)C(OC2OC(CO)C(O)C(O)C2O)C(O)C1O)C(O)CCCCCCCCCCCCCCCCCCCCCCCCC. The van der Waals surface area contributed by atoms with Gasteiger partial charge in [0.15, 0.2) is 12.6 Å². The smallest absolute Gasteiger partial charge is 0.220 e. The van der Waals surface area contributed by atoms with E-state index in [1.54, 1.807) is 0 Å². The lowest BCUT2D eigenvalue weighted by Gasteiger charge is -2.46. The molecule has 12 atom stereocenters. The van der Waals surface area contributed by atoms with Gasteiger partial charge in [-0.2, -0.15) is 0 Å². The molecule has 0 saturated carbocycles. The molecule has 0 aromatic heterocycles. The third kappa shape index (κ3) is 49.3. The van der Waals surface area contributed by atoms with Crippen LogP contribution in [0.25, 0.3) is 0 Å². The maximum absolute atomic E-state index is 13.4. The third-order valence-electron chi connectivity index (χ3n) is 19.0. The van der Waals surface area contributed by atoms with Crippen molar-refractivity contribution in [2.45, 2.75) is 396 Å². The highest BCUT2D eigenvalue weighted by Crippen LogP contribution is 2.30. The number of carbonyl (C=O) groups is 1. The number of carbonyl (C=O) groups excluding carboxylic acids is 1. The summed E-state index contributed by atoms with van der Waals surface area (Å²) >= 11 is 0. The van der Waals surface area contributed by atoms with Crippen LogP contribution in [0.5, 0.6) is 0 Å². The summed E-state index contributed by atoms with van der Waals surface area (Å²) in [6.45, 7) is 2.78. The Kier molecular flexibility index (Phi) is 61.9. The zero-order valence-electron chi connectivity index (χ0n) is 62.0. The number of rotatable bonds is 66. The predicted molar refractivity (Wildman–Crippen MR) is 406 cm³/mol. The van der Waals surface area contributed by atoms with E-state index in [0.717, 1.165) is 116 Å². The van der Waals surface area contributed by atoms with Gasteiger partial charge < -0.3 is 65.1 Å². The first kappa shape index (κ1) is 90.7.